The Hall–Kier alpha value is -3.14. The zero-order chi connectivity index (χ0) is 24.0. The number of hydrogen-bond acceptors (Lipinski definition) is 5. The van der Waals surface area contributed by atoms with Crippen molar-refractivity contribution in [2.75, 3.05) is 19.7 Å². The van der Waals surface area contributed by atoms with Gasteiger partial charge in [0.05, 0.1) is 30.1 Å². The molecule has 1 saturated heterocycles. The van der Waals surface area contributed by atoms with E-state index in [4.69, 9.17) is 9.47 Å². The van der Waals surface area contributed by atoms with Gasteiger partial charge in [-0.25, -0.2) is 14.3 Å². The summed E-state index contributed by atoms with van der Waals surface area (Å²) >= 11 is 0. The van der Waals surface area contributed by atoms with Gasteiger partial charge in [0.2, 0.25) is 0 Å². The van der Waals surface area contributed by atoms with Crippen LogP contribution in [-0.2, 0) is 15.7 Å². The first-order valence-corrected chi connectivity index (χ1v) is 10.6. The van der Waals surface area contributed by atoms with Gasteiger partial charge in [-0.2, -0.15) is 18.3 Å². The summed E-state index contributed by atoms with van der Waals surface area (Å²) in [5.41, 5.74) is 1.67. The highest BCUT2D eigenvalue weighted by molar-refractivity contribution is 5.68. The average Bonchev–Trinajstić information content (AvgIpc) is 3.15. The number of carbonyl (C=O) groups is 1. The van der Waals surface area contributed by atoms with Gasteiger partial charge in [0.1, 0.15) is 11.7 Å². The molecule has 0 unspecified atom stereocenters. The molecular weight excluding hydrogens is 437 g/mol. The fourth-order valence-corrected chi connectivity index (χ4v) is 3.65. The minimum Gasteiger partial charge on any atom is -0.444 e. The number of fused-ring (bicyclic) bond motifs is 1. The van der Waals surface area contributed by atoms with Crippen LogP contribution >= 0.6 is 0 Å². The van der Waals surface area contributed by atoms with Gasteiger partial charge < -0.3 is 14.4 Å². The number of ether oxygens (including phenoxy) is 2. The Bertz CT molecular complexity index is 1170. The largest absolute Gasteiger partial charge is 0.444 e. The number of carbonyl (C=O) groups excluding carboxylic acids is 1. The molecule has 7 nitrogen and oxygen atoms in total. The van der Waals surface area contributed by atoms with Crippen molar-refractivity contribution in [2.45, 2.75) is 45.6 Å². The summed E-state index contributed by atoms with van der Waals surface area (Å²) in [6, 6.07) is 8.38. The second kappa shape index (κ2) is 8.33. The molecular formula is C23H25F3N4O3. The highest BCUT2D eigenvalue weighted by Crippen LogP contribution is 2.31. The number of aryl methyl sites for hydroxylation is 1. The lowest BCUT2D eigenvalue weighted by molar-refractivity contribution is -0.137. The van der Waals surface area contributed by atoms with Crippen molar-refractivity contribution < 1.29 is 27.4 Å². The number of halogens is 3. The fraction of sp³-hybridized carbons (Fsp3) is 0.435. The van der Waals surface area contributed by atoms with Gasteiger partial charge in [-0.15, -0.1) is 0 Å². The van der Waals surface area contributed by atoms with Crippen LogP contribution in [0.15, 0.2) is 36.4 Å². The first-order chi connectivity index (χ1) is 15.4. The Morgan fingerprint density at radius 1 is 1.15 bits per heavy atom. The summed E-state index contributed by atoms with van der Waals surface area (Å²) in [5, 5.41) is 4.58. The lowest BCUT2D eigenvalue weighted by atomic mass is 10.1. The van der Waals surface area contributed by atoms with E-state index in [2.05, 4.69) is 10.1 Å². The topological polar surface area (TPSA) is 69.0 Å². The molecule has 0 bridgehead atoms. The van der Waals surface area contributed by atoms with Crippen LogP contribution in [-0.4, -0.2) is 50.9 Å². The van der Waals surface area contributed by atoms with Crippen LogP contribution in [0.4, 0.5) is 18.0 Å². The molecule has 1 fully saturated rings. The van der Waals surface area contributed by atoms with Crippen molar-refractivity contribution in [3.05, 3.63) is 53.3 Å². The maximum Gasteiger partial charge on any atom is 0.416 e. The van der Waals surface area contributed by atoms with Crippen LogP contribution in [0.25, 0.3) is 16.9 Å². The van der Waals surface area contributed by atoms with E-state index >= 15 is 0 Å². The van der Waals surface area contributed by atoms with Crippen molar-refractivity contribution in [1.29, 1.82) is 0 Å². The Kier molecular flexibility index (Phi) is 5.81. The van der Waals surface area contributed by atoms with Gasteiger partial charge in [0.25, 0.3) is 0 Å². The van der Waals surface area contributed by atoms with Crippen molar-refractivity contribution in [1.82, 2.24) is 19.5 Å². The van der Waals surface area contributed by atoms with Gasteiger partial charge in [0.15, 0.2) is 5.65 Å². The Morgan fingerprint density at radius 2 is 1.85 bits per heavy atom. The molecule has 3 heterocycles. The third-order valence-corrected chi connectivity index (χ3v) is 5.14. The highest BCUT2D eigenvalue weighted by Gasteiger charge is 2.31. The molecule has 1 aliphatic rings. The molecule has 33 heavy (non-hydrogen) atoms. The highest BCUT2D eigenvalue weighted by atomic mass is 19.4. The maximum absolute atomic E-state index is 12.9. The van der Waals surface area contributed by atoms with Gasteiger partial charge in [-0.3, -0.25) is 0 Å². The first-order valence-electron chi connectivity index (χ1n) is 10.6. The van der Waals surface area contributed by atoms with Crippen LogP contribution in [0.5, 0.6) is 0 Å². The molecule has 4 rings (SSSR count). The van der Waals surface area contributed by atoms with Crippen LogP contribution < -0.4 is 0 Å². The van der Waals surface area contributed by atoms with E-state index < -0.39 is 29.5 Å². The first kappa shape index (κ1) is 23.0. The van der Waals surface area contributed by atoms with E-state index in [1.54, 1.807) is 15.5 Å². The molecule has 0 aliphatic carbocycles. The number of hydrogen-bond donors (Lipinski definition) is 0. The summed E-state index contributed by atoms with van der Waals surface area (Å²) in [7, 11) is 0. The summed E-state index contributed by atoms with van der Waals surface area (Å²) in [5.74, 6) is 0. The second-order valence-electron chi connectivity index (χ2n) is 8.98. The third-order valence-electron chi connectivity index (χ3n) is 5.14. The minimum absolute atomic E-state index is 0.281. The molecule has 176 valence electrons. The predicted molar refractivity (Wildman–Crippen MR) is 115 cm³/mol. The molecule has 1 aliphatic heterocycles. The lowest BCUT2D eigenvalue weighted by Gasteiger charge is -2.34. The summed E-state index contributed by atoms with van der Waals surface area (Å²) in [4.78, 5) is 18.6. The lowest BCUT2D eigenvalue weighted by Crippen LogP contribution is -2.45. The molecule has 2 aromatic heterocycles. The molecule has 3 aromatic rings. The summed E-state index contributed by atoms with van der Waals surface area (Å²) < 4.78 is 51.7. The molecule has 1 aromatic carbocycles. The number of rotatable bonds is 2. The summed E-state index contributed by atoms with van der Waals surface area (Å²) in [6.07, 6.45) is -5.28. The smallest absolute Gasteiger partial charge is 0.416 e. The van der Waals surface area contributed by atoms with Crippen LogP contribution in [0.1, 0.15) is 43.8 Å². The Morgan fingerprint density at radius 3 is 2.48 bits per heavy atom. The van der Waals surface area contributed by atoms with Crippen LogP contribution in [0.3, 0.4) is 0 Å². The molecule has 0 N–H and O–H groups in total. The van der Waals surface area contributed by atoms with Gasteiger partial charge in [0, 0.05) is 23.9 Å². The molecule has 1 atom stereocenters. The Balaban J connectivity index is 1.65. The molecule has 0 radical (unpaired) electrons. The third kappa shape index (κ3) is 5.11. The number of benzene rings is 1. The minimum atomic E-state index is -4.40. The predicted octanol–water partition coefficient (Wildman–Crippen LogP) is 5.03. The van der Waals surface area contributed by atoms with Gasteiger partial charge >= 0.3 is 12.3 Å². The molecule has 10 heteroatoms. The van der Waals surface area contributed by atoms with Crippen molar-refractivity contribution >= 4 is 11.7 Å². The van der Waals surface area contributed by atoms with E-state index in [-0.39, 0.29) is 6.54 Å². The number of amides is 1. The number of morpholine rings is 1. The fourth-order valence-electron chi connectivity index (χ4n) is 3.65. The van der Waals surface area contributed by atoms with E-state index in [9.17, 15) is 18.0 Å². The average molecular weight is 462 g/mol. The van der Waals surface area contributed by atoms with Crippen molar-refractivity contribution in [3.8, 4) is 11.3 Å². The standard InChI is InChI=1S/C23H25F3N4O3/c1-14-11-18(19-13-29(9-10-32-19)21(31)33-22(2,3)4)30-20(27-14)12-17(28-30)15-5-7-16(8-6-15)23(24,25)26/h5-8,11-12,19H,9-10,13H2,1-4H3/t19-/m1/s1. The van der Waals surface area contributed by atoms with Gasteiger partial charge in [-0.05, 0) is 45.9 Å². The molecule has 0 saturated carbocycles. The van der Waals surface area contributed by atoms with Crippen LogP contribution in [0, 0.1) is 6.92 Å². The number of aromatic nitrogens is 3. The van der Waals surface area contributed by atoms with E-state index in [0.717, 1.165) is 17.8 Å². The molecule has 1 amide bonds. The number of alkyl halides is 3. The van der Waals surface area contributed by atoms with E-state index in [0.29, 0.717) is 35.8 Å². The number of nitrogens with zero attached hydrogens (tertiary/aromatic N) is 4. The van der Waals surface area contributed by atoms with Crippen LogP contribution in [0.2, 0.25) is 0 Å². The normalized spacial score (nSPS) is 17.4. The quantitative estimate of drug-likeness (QED) is 0.534. The van der Waals surface area contributed by atoms with E-state index in [1.165, 1.54) is 12.1 Å². The Labute approximate surface area is 189 Å². The maximum atomic E-state index is 12.9. The molecule has 0 spiro atoms. The van der Waals surface area contributed by atoms with Crippen molar-refractivity contribution in [2.24, 2.45) is 0 Å². The summed E-state index contributed by atoms with van der Waals surface area (Å²) in [6.45, 7) is 8.29. The van der Waals surface area contributed by atoms with E-state index in [1.807, 2.05) is 33.8 Å². The zero-order valence-corrected chi connectivity index (χ0v) is 18.8. The SMILES string of the molecule is Cc1cc([C@H]2CN(C(=O)OC(C)(C)C)CCO2)n2nc(-c3ccc(C(F)(F)F)cc3)cc2n1. The zero-order valence-electron chi connectivity index (χ0n) is 18.8. The van der Waals surface area contributed by atoms with Crippen molar-refractivity contribution in [3.63, 3.8) is 0 Å². The van der Waals surface area contributed by atoms with Gasteiger partial charge in [-0.1, -0.05) is 12.1 Å². The second-order valence-corrected chi connectivity index (χ2v) is 8.98. The monoisotopic (exact) mass is 462 g/mol.